The molecule has 0 aromatic carbocycles. The van der Waals surface area contributed by atoms with Gasteiger partial charge in [-0.3, -0.25) is 5.84 Å². The zero-order valence-corrected chi connectivity index (χ0v) is 9.44. The Morgan fingerprint density at radius 2 is 2.40 bits per heavy atom. The van der Waals surface area contributed by atoms with E-state index in [1.54, 1.807) is 6.20 Å². The average molecular weight is 212 g/mol. The van der Waals surface area contributed by atoms with E-state index in [4.69, 9.17) is 10.6 Å². The molecule has 0 saturated carbocycles. The number of aromatic nitrogens is 2. The molecule has 1 aromatic heterocycles. The molecular formula is C10H20N4O. The Balaban J connectivity index is 2.67. The third-order valence-corrected chi connectivity index (χ3v) is 2.21. The average Bonchev–Trinajstić information content (AvgIpc) is 2.68. The van der Waals surface area contributed by atoms with E-state index in [2.05, 4.69) is 21.9 Å². The molecule has 3 N–H and O–H groups in total. The third-order valence-electron chi connectivity index (χ3n) is 2.21. The zero-order chi connectivity index (χ0) is 11.1. The van der Waals surface area contributed by atoms with E-state index >= 15 is 0 Å². The molecule has 1 unspecified atom stereocenters. The van der Waals surface area contributed by atoms with Crippen molar-refractivity contribution >= 4 is 0 Å². The first-order valence-corrected chi connectivity index (χ1v) is 5.38. The molecule has 5 nitrogen and oxygen atoms in total. The number of hydrazine groups is 1. The van der Waals surface area contributed by atoms with Crippen LogP contribution >= 0.6 is 0 Å². The van der Waals surface area contributed by atoms with Gasteiger partial charge in [0.15, 0.2) is 0 Å². The van der Waals surface area contributed by atoms with Crippen LogP contribution in [0.4, 0.5) is 0 Å². The lowest BCUT2D eigenvalue weighted by Gasteiger charge is -2.16. The number of rotatable bonds is 7. The van der Waals surface area contributed by atoms with Crippen molar-refractivity contribution in [3.05, 3.63) is 18.2 Å². The van der Waals surface area contributed by atoms with Gasteiger partial charge in [-0.25, -0.2) is 10.4 Å². The molecule has 1 heterocycles. The zero-order valence-electron chi connectivity index (χ0n) is 9.44. The maximum atomic E-state index is 5.49. The van der Waals surface area contributed by atoms with Crippen molar-refractivity contribution in [2.24, 2.45) is 5.84 Å². The predicted octanol–water partition coefficient (Wildman–Crippen LogP) is 0.834. The van der Waals surface area contributed by atoms with Gasteiger partial charge in [-0.1, -0.05) is 6.92 Å². The van der Waals surface area contributed by atoms with E-state index in [1.807, 2.05) is 13.1 Å². The van der Waals surface area contributed by atoms with E-state index in [-0.39, 0.29) is 6.04 Å². The molecule has 0 aliphatic carbocycles. The molecule has 0 saturated heterocycles. The highest BCUT2D eigenvalue weighted by atomic mass is 16.5. The second-order valence-corrected chi connectivity index (χ2v) is 3.36. The van der Waals surface area contributed by atoms with Gasteiger partial charge in [0.2, 0.25) is 0 Å². The monoisotopic (exact) mass is 212 g/mol. The SMILES string of the molecule is CCCn1ccnc1C(COCC)NN. The highest BCUT2D eigenvalue weighted by Crippen LogP contribution is 2.10. The lowest BCUT2D eigenvalue weighted by Crippen LogP contribution is -2.33. The van der Waals surface area contributed by atoms with Gasteiger partial charge in [-0.15, -0.1) is 0 Å². The number of nitrogens with two attached hydrogens (primary N) is 1. The van der Waals surface area contributed by atoms with Crippen LogP contribution in [-0.4, -0.2) is 22.8 Å². The minimum Gasteiger partial charge on any atom is -0.380 e. The number of aryl methyl sites for hydroxylation is 1. The van der Waals surface area contributed by atoms with Crippen molar-refractivity contribution in [1.82, 2.24) is 15.0 Å². The van der Waals surface area contributed by atoms with E-state index in [0.29, 0.717) is 13.2 Å². The Hall–Kier alpha value is -0.910. The van der Waals surface area contributed by atoms with Gasteiger partial charge < -0.3 is 9.30 Å². The number of imidazole rings is 1. The van der Waals surface area contributed by atoms with Crippen LogP contribution in [0, 0.1) is 0 Å². The molecule has 0 bridgehead atoms. The summed E-state index contributed by atoms with van der Waals surface area (Å²) in [5.74, 6) is 6.42. The summed E-state index contributed by atoms with van der Waals surface area (Å²) < 4.78 is 7.45. The normalized spacial score (nSPS) is 13.0. The summed E-state index contributed by atoms with van der Waals surface area (Å²) in [5, 5.41) is 0. The molecule has 86 valence electrons. The molecular weight excluding hydrogens is 192 g/mol. The second kappa shape index (κ2) is 6.55. The fraction of sp³-hybridized carbons (Fsp3) is 0.700. The third kappa shape index (κ3) is 3.30. The highest BCUT2D eigenvalue weighted by molar-refractivity contribution is 4.99. The number of nitrogens with one attached hydrogen (secondary N) is 1. The van der Waals surface area contributed by atoms with Crippen molar-refractivity contribution in [2.45, 2.75) is 32.9 Å². The number of nitrogens with zero attached hydrogens (tertiary/aromatic N) is 2. The minimum atomic E-state index is -0.0356. The molecule has 1 aromatic rings. The first-order valence-electron chi connectivity index (χ1n) is 5.38. The molecule has 0 spiro atoms. The Morgan fingerprint density at radius 3 is 3.00 bits per heavy atom. The Morgan fingerprint density at radius 1 is 1.60 bits per heavy atom. The summed E-state index contributed by atoms with van der Waals surface area (Å²) in [4.78, 5) is 4.30. The molecule has 0 aliphatic heterocycles. The molecule has 0 amide bonds. The summed E-state index contributed by atoms with van der Waals surface area (Å²) in [7, 11) is 0. The van der Waals surface area contributed by atoms with Gasteiger partial charge in [0.25, 0.3) is 0 Å². The van der Waals surface area contributed by atoms with Crippen molar-refractivity contribution in [3.8, 4) is 0 Å². The summed E-state index contributed by atoms with van der Waals surface area (Å²) in [6.07, 6.45) is 4.84. The Bertz CT molecular complexity index is 274. The van der Waals surface area contributed by atoms with Crippen LogP contribution in [0.3, 0.4) is 0 Å². The maximum absolute atomic E-state index is 5.49. The van der Waals surface area contributed by atoms with E-state index in [0.717, 1.165) is 18.8 Å². The van der Waals surface area contributed by atoms with Gasteiger partial charge in [-0.05, 0) is 13.3 Å². The smallest absolute Gasteiger partial charge is 0.129 e. The van der Waals surface area contributed by atoms with Gasteiger partial charge in [0.05, 0.1) is 6.61 Å². The maximum Gasteiger partial charge on any atom is 0.129 e. The van der Waals surface area contributed by atoms with Crippen molar-refractivity contribution < 1.29 is 4.74 Å². The summed E-state index contributed by atoms with van der Waals surface area (Å²) in [6.45, 7) is 6.29. The molecule has 0 aliphatic rings. The van der Waals surface area contributed by atoms with Crippen LogP contribution in [-0.2, 0) is 11.3 Å². The lowest BCUT2D eigenvalue weighted by molar-refractivity contribution is 0.119. The molecule has 1 rings (SSSR count). The topological polar surface area (TPSA) is 65.1 Å². The first-order chi connectivity index (χ1) is 7.33. The van der Waals surface area contributed by atoms with Crippen molar-refractivity contribution in [3.63, 3.8) is 0 Å². The van der Waals surface area contributed by atoms with Crippen molar-refractivity contribution in [2.75, 3.05) is 13.2 Å². The van der Waals surface area contributed by atoms with E-state index in [9.17, 15) is 0 Å². The van der Waals surface area contributed by atoms with Crippen LogP contribution < -0.4 is 11.3 Å². The van der Waals surface area contributed by atoms with E-state index in [1.165, 1.54) is 0 Å². The molecule has 0 radical (unpaired) electrons. The number of hydrogen-bond donors (Lipinski definition) is 2. The Labute approximate surface area is 90.6 Å². The number of hydrogen-bond acceptors (Lipinski definition) is 4. The molecule has 5 heteroatoms. The molecule has 1 atom stereocenters. The largest absolute Gasteiger partial charge is 0.380 e. The Kier molecular flexibility index (Phi) is 5.31. The van der Waals surface area contributed by atoms with Crippen LogP contribution in [0.15, 0.2) is 12.4 Å². The number of ether oxygens (including phenoxy) is 1. The van der Waals surface area contributed by atoms with Crippen LogP contribution in [0.2, 0.25) is 0 Å². The molecule has 15 heavy (non-hydrogen) atoms. The van der Waals surface area contributed by atoms with Crippen LogP contribution in [0.1, 0.15) is 32.1 Å². The van der Waals surface area contributed by atoms with Gasteiger partial charge in [-0.2, -0.15) is 0 Å². The van der Waals surface area contributed by atoms with Crippen LogP contribution in [0.25, 0.3) is 0 Å². The van der Waals surface area contributed by atoms with Gasteiger partial charge in [0, 0.05) is 25.5 Å². The van der Waals surface area contributed by atoms with Gasteiger partial charge >= 0.3 is 0 Å². The fourth-order valence-corrected chi connectivity index (χ4v) is 1.49. The first kappa shape index (κ1) is 12.2. The molecule has 0 fully saturated rings. The standard InChI is InChI=1S/C10H20N4O/c1-3-6-14-7-5-12-10(14)9(13-11)8-15-4-2/h5,7,9,13H,3-4,6,8,11H2,1-2H3. The highest BCUT2D eigenvalue weighted by Gasteiger charge is 2.14. The van der Waals surface area contributed by atoms with Gasteiger partial charge in [0.1, 0.15) is 11.9 Å². The summed E-state index contributed by atoms with van der Waals surface area (Å²) in [5.41, 5.74) is 2.73. The van der Waals surface area contributed by atoms with E-state index < -0.39 is 0 Å². The minimum absolute atomic E-state index is 0.0356. The van der Waals surface area contributed by atoms with Crippen molar-refractivity contribution in [1.29, 1.82) is 0 Å². The quantitative estimate of drug-likeness (QED) is 0.519. The summed E-state index contributed by atoms with van der Waals surface area (Å²) in [6, 6.07) is -0.0356. The predicted molar refractivity (Wildman–Crippen MR) is 59.1 cm³/mol. The lowest BCUT2D eigenvalue weighted by atomic mass is 10.3. The summed E-state index contributed by atoms with van der Waals surface area (Å²) >= 11 is 0. The van der Waals surface area contributed by atoms with Crippen LogP contribution in [0.5, 0.6) is 0 Å². The second-order valence-electron chi connectivity index (χ2n) is 3.36. The fourth-order valence-electron chi connectivity index (χ4n) is 1.49.